The van der Waals surface area contributed by atoms with Crippen molar-refractivity contribution in [1.82, 2.24) is 20.1 Å². The van der Waals surface area contributed by atoms with Gasteiger partial charge in [-0.3, -0.25) is 0 Å². The minimum Gasteiger partial charge on any atom is -0.483 e. The second kappa shape index (κ2) is 8.79. The molecule has 0 aliphatic heterocycles. The highest BCUT2D eigenvalue weighted by Crippen LogP contribution is 2.29. The van der Waals surface area contributed by atoms with Crippen LogP contribution in [0.2, 0.25) is 0 Å². The predicted molar refractivity (Wildman–Crippen MR) is 122 cm³/mol. The van der Waals surface area contributed by atoms with E-state index in [0.29, 0.717) is 23.7 Å². The minimum atomic E-state index is 0.232. The Kier molecular flexibility index (Phi) is 5.93. The van der Waals surface area contributed by atoms with Gasteiger partial charge in [0.2, 0.25) is 11.8 Å². The summed E-state index contributed by atoms with van der Waals surface area (Å²) in [5, 5.41) is 4.14. The van der Waals surface area contributed by atoms with Gasteiger partial charge >= 0.3 is 0 Å². The third-order valence-electron chi connectivity index (χ3n) is 5.72. The zero-order valence-electron chi connectivity index (χ0n) is 18.7. The SMILES string of the molecule is CCC(C)c1ccccc1OCc1nc(-c2ccc3nc(N(C)C(C)C)[nH]c3c2)no1. The molecule has 0 spiro atoms. The highest BCUT2D eigenvalue weighted by atomic mass is 16.5. The molecule has 0 saturated carbocycles. The molecule has 0 fully saturated rings. The van der Waals surface area contributed by atoms with E-state index in [0.717, 1.165) is 34.7 Å². The number of para-hydroxylation sites is 1. The normalized spacial score (nSPS) is 12.5. The van der Waals surface area contributed by atoms with Gasteiger partial charge in [0.15, 0.2) is 6.61 Å². The molecule has 0 amide bonds. The number of hydrogen-bond acceptors (Lipinski definition) is 6. The van der Waals surface area contributed by atoms with E-state index in [1.165, 1.54) is 5.56 Å². The van der Waals surface area contributed by atoms with Crippen LogP contribution in [0.5, 0.6) is 5.75 Å². The summed E-state index contributed by atoms with van der Waals surface area (Å²) >= 11 is 0. The summed E-state index contributed by atoms with van der Waals surface area (Å²) in [4.78, 5) is 14.6. The Bertz CT molecular complexity index is 1160. The Labute approximate surface area is 182 Å². The van der Waals surface area contributed by atoms with Gasteiger partial charge in [0, 0.05) is 18.7 Å². The average molecular weight is 420 g/mol. The standard InChI is InChI=1S/C24H29N5O2/c1-6-16(4)18-9-7-8-10-21(18)30-14-22-27-23(28-31-22)17-11-12-19-20(13-17)26-24(25-19)29(5)15(2)3/h7-13,15-16H,6,14H2,1-5H3,(H,25,26). The summed E-state index contributed by atoms with van der Waals surface area (Å²) < 4.78 is 11.4. The number of H-pyrrole nitrogens is 1. The first-order valence-electron chi connectivity index (χ1n) is 10.7. The van der Waals surface area contributed by atoms with Gasteiger partial charge in [0.25, 0.3) is 5.89 Å². The van der Waals surface area contributed by atoms with Crippen molar-refractivity contribution in [3.8, 4) is 17.1 Å². The summed E-state index contributed by atoms with van der Waals surface area (Å²) in [5.41, 5.74) is 3.89. The Morgan fingerprint density at radius 2 is 1.90 bits per heavy atom. The van der Waals surface area contributed by atoms with Crippen LogP contribution in [0, 0.1) is 0 Å². The molecule has 31 heavy (non-hydrogen) atoms. The first-order chi connectivity index (χ1) is 15.0. The summed E-state index contributed by atoms with van der Waals surface area (Å²) in [5.74, 6) is 3.10. The number of nitrogens with one attached hydrogen (secondary N) is 1. The maximum Gasteiger partial charge on any atom is 0.264 e. The van der Waals surface area contributed by atoms with Crippen LogP contribution >= 0.6 is 0 Å². The lowest BCUT2D eigenvalue weighted by atomic mass is 9.98. The predicted octanol–water partition coefficient (Wildman–Crippen LogP) is 5.55. The molecule has 0 aliphatic rings. The van der Waals surface area contributed by atoms with Gasteiger partial charge < -0.3 is 19.1 Å². The maximum atomic E-state index is 6.00. The second-order valence-corrected chi connectivity index (χ2v) is 8.14. The number of nitrogens with zero attached hydrogens (tertiary/aromatic N) is 4. The fraction of sp³-hybridized carbons (Fsp3) is 0.375. The van der Waals surface area contributed by atoms with Crippen molar-refractivity contribution in [3.63, 3.8) is 0 Å². The van der Waals surface area contributed by atoms with E-state index in [1.807, 2.05) is 43.4 Å². The lowest BCUT2D eigenvalue weighted by Gasteiger charge is -2.19. The maximum absolute atomic E-state index is 6.00. The van der Waals surface area contributed by atoms with Crippen molar-refractivity contribution < 1.29 is 9.26 Å². The van der Waals surface area contributed by atoms with Crippen molar-refractivity contribution in [2.45, 2.75) is 52.7 Å². The number of aromatic nitrogens is 4. The first-order valence-corrected chi connectivity index (χ1v) is 10.7. The Morgan fingerprint density at radius 3 is 2.68 bits per heavy atom. The van der Waals surface area contributed by atoms with Gasteiger partial charge in [-0.2, -0.15) is 4.98 Å². The summed E-state index contributed by atoms with van der Waals surface area (Å²) in [7, 11) is 2.02. The van der Waals surface area contributed by atoms with Crippen molar-refractivity contribution in [2.24, 2.45) is 0 Å². The highest BCUT2D eigenvalue weighted by Gasteiger charge is 2.15. The molecule has 1 unspecified atom stereocenters. The molecule has 0 bridgehead atoms. The van der Waals surface area contributed by atoms with Crippen LogP contribution in [0.3, 0.4) is 0 Å². The zero-order valence-corrected chi connectivity index (χ0v) is 18.7. The number of imidazole rings is 1. The minimum absolute atomic E-state index is 0.232. The summed E-state index contributed by atoms with van der Waals surface area (Å²) in [6.07, 6.45) is 1.05. The third kappa shape index (κ3) is 4.40. The Morgan fingerprint density at radius 1 is 1.10 bits per heavy atom. The van der Waals surface area contributed by atoms with E-state index in [2.05, 4.69) is 58.8 Å². The molecule has 4 aromatic rings. The van der Waals surface area contributed by atoms with Crippen molar-refractivity contribution in [2.75, 3.05) is 11.9 Å². The number of rotatable bonds is 8. The molecular weight excluding hydrogens is 390 g/mol. The van der Waals surface area contributed by atoms with E-state index < -0.39 is 0 Å². The van der Waals surface area contributed by atoms with Gasteiger partial charge in [-0.15, -0.1) is 0 Å². The lowest BCUT2D eigenvalue weighted by molar-refractivity contribution is 0.240. The van der Waals surface area contributed by atoms with Crippen molar-refractivity contribution >= 4 is 17.0 Å². The largest absolute Gasteiger partial charge is 0.483 e. The molecule has 1 atom stereocenters. The van der Waals surface area contributed by atoms with Crippen molar-refractivity contribution in [3.05, 3.63) is 53.9 Å². The quantitative estimate of drug-likeness (QED) is 0.403. The Hall–Kier alpha value is -3.35. The van der Waals surface area contributed by atoms with Gasteiger partial charge in [-0.25, -0.2) is 4.98 Å². The van der Waals surface area contributed by atoms with Crippen LogP contribution < -0.4 is 9.64 Å². The molecule has 1 N–H and O–H groups in total. The monoisotopic (exact) mass is 419 g/mol. The molecule has 0 saturated heterocycles. The van der Waals surface area contributed by atoms with Crippen LogP contribution in [-0.2, 0) is 6.61 Å². The highest BCUT2D eigenvalue weighted by molar-refractivity contribution is 5.82. The lowest BCUT2D eigenvalue weighted by Crippen LogP contribution is -2.26. The van der Waals surface area contributed by atoms with Gasteiger partial charge in [0.05, 0.1) is 11.0 Å². The third-order valence-corrected chi connectivity index (χ3v) is 5.72. The van der Waals surface area contributed by atoms with E-state index in [-0.39, 0.29) is 6.61 Å². The van der Waals surface area contributed by atoms with Crippen LogP contribution in [0.25, 0.3) is 22.4 Å². The van der Waals surface area contributed by atoms with E-state index in [4.69, 9.17) is 9.26 Å². The smallest absolute Gasteiger partial charge is 0.264 e. The van der Waals surface area contributed by atoms with Crippen LogP contribution in [0.4, 0.5) is 5.95 Å². The number of hydrogen-bond donors (Lipinski definition) is 1. The molecule has 162 valence electrons. The molecule has 2 heterocycles. The van der Waals surface area contributed by atoms with Gasteiger partial charge in [-0.1, -0.05) is 37.2 Å². The summed E-state index contributed by atoms with van der Waals surface area (Å²) in [6, 6.07) is 14.4. The Balaban J connectivity index is 1.51. The zero-order chi connectivity index (χ0) is 22.0. The van der Waals surface area contributed by atoms with Crippen molar-refractivity contribution in [1.29, 1.82) is 0 Å². The van der Waals surface area contributed by atoms with Crippen LogP contribution in [-0.4, -0.2) is 33.2 Å². The molecular formula is C24H29N5O2. The molecule has 7 heteroatoms. The molecule has 0 aliphatic carbocycles. The number of aromatic amines is 1. The molecule has 7 nitrogen and oxygen atoms in total. The fourth-order valence-corrected chi connectivity index (χ4v) is 3.36. The fourth-order valence-electron chi connectivity index (χ4n) is 3.36. The van der Waals surface area contributed by atoms with E-state index in [1.54, 1.807) is 0 Å². The molecule has 2 aromatic carbocycles. The first kappa shape index (κ1) is 20.9. The topological polar surface area (TPSA) is 80.1 Å². The second-order valence-electron chi connectivity index (χ2n) is 8.14. The number of benzene rings is 2. The average Bonchev–Trinajstić information content (AvgIpc) is 3.43. The van der Waals surface area contributed by atoms with E-state index in [9.17, 15) is 0 Å². The number of fused-ring (bicyclic) bond motifs is 1. The van der Waals surface area contributed by atoms with Crippen LogP contribution in [0.15, 0.2) is 47.0 Å². The summed E-state index contributed by atoms with van der Waals surface area (Å²) in [6.45, 7) is 8.86. The van der Waals surface area contributed by atoms with E-state index >= 15 is 0 Å². The molecule has 0 radical (unpaired) electrons. The van der Waals surface area contributed by atoms with Gasteiger partial charge in [0.1, 0.15) is 5.75 Å². The number of anilines is 1. The van der Waals surface area contributed by atoms with Gasteiger partial charge in [-0.05, 0) is 56.0 Å². The van der Waals surface area contributed by atoms with Crippen LogP contribution in [0.1, 0.15) is 51.5 Å². The molecule has 2 aromatic heterocycles. The number of ether oxygens (including phenoxy) is 1. The molecule has 4 rings (SSSR count).